The Bertz CT molecular complexity index is 1300. The minimum absolute atomic E-state index is 0.118. The molecule has 0 aliphatic rings. The molecule has 4 aromatic rings. The number of para-hydroxylation sites is 1. The number of nitrogens with zero attached hydrogens (tertiary/aromatic N) is 2. The highest BCUT2D eigenvalue weighted by Gasteiger charge is 2.22. The predicted molar refractivity (Wildman–Crippen MR) is 119 cm³/mol. The first kappa shape index (κ1) is 20.1. The monoisotopic (exact) mass is 408 g/mol. The van der Waals surface area contributed by atoms with Crippen LogP contribution in [0.25, 0.3) is 22.0 Å². The van der Waals surface area contributed by atoms with Gasteiger partial charge in [0.05, 0.1) is 22.8 Å². The van der Waals surface area contributed by atoms with E-state index in [1.54, 1.807) is 30.3 Å². The first-order chi connectivity index (χ1) is 15.1. The SMILES string of the molecule is CCCc1nc2ccccc2c(C(=O)O)c1Oc1ccc(-c2ccccc2C#N)cc1. The van der Waals surface area contributed by atoms with Crippen molar-refractivity contribution >= 4 is 16.9 Å². The summed E-state index contributed by atoms with van der Waals surface area (Å²) in [6, 6.07) is 24.1. The first-order valence-corrected chi connectivity index (χ1v) is 10.0. The molecule has 1 N–H and O–H groups in total. The van der Waals surface area contributed by atoms with E-state index in [2.05, 4.69) is 11.1 Å². The predicted octanol–water partition coefficient (Wildman–Crippen LogP) is 6.22. The Morgan fingerprint density at radius 1 is 1.03 bits per heavy atom. The summed E-state index contributed by atoms with van der Waals surface area (Å²) >= 11 is 0. The topological polar surface area (TPSA) is 83.2 Å². The van der Waals surface area contributed by atoms with Crippen LogP contribution in [0.4, 0.5) is 0 Å². The van der Waals surface area contributed by atoms with Crippen LogP contribution >= 0.6 is 0 Å². The van der Waals surface area contributed by atoms with Gasteiger partial charge >= 0.3 is 5.97 Å². The van der Waals surface area contributed by atoms with Gasteiger partial charge in [-0.3, -0.25) is 0 Å². The summed E-state index contributed by atoms with van der Waals surface area (Å²) in [6.07, 6.45) is 1.42. The molecule has 0 fully saturated rings. The molecule has 1 heterocycles. The Morgan fingerprint density at radius 3 is 2.45 bits per heavy atom. The second-order valence-corrected chi connectivity index (χ2v) is 7.12. The van der Waals surface area contributed by atoms with E-state index in [4.69, 9.17) is 4.74 Å². The van der Waals surface area contributed by atoms with Crippen molar-refractivity contribution in [1.82, 2.24) is 4.98 Å². The molecule has 0 spiro atoms. The largest absolute Gasteiger partial charge is 0.478 e. The van der Waals surface area contributed by atoms with Crippen molar-refractivity contribution in [1.29, 1.82) is 5.26 Å². The third kappa shape index (κ3) is 3.96. The highest BCUT2D eigenvalue weighted by molar-refractivity contribution is 6.05. The molecule has 3 aromatic carbocycles. The average Bonchev–Trinajstić information content (AvgIpc) is 2.79. The number of nitriles is 1. The molecule has 1 aromatic heterocycles. The molecule has 31 heavy (non-hydrogen) atoms. The van der Waals surface area contributed by atoms with E-state index in [9.17, 15) is 15.2 Å². The Labute approximate surface area is 180 Å². The number of pyridine rings is 1. The summed E-state index contributed by atoms with van der Waals surface area (Å²) in [5, 5.41) is 19.8. The lowest BCUT2D eigenvalue weighted by molar-refractivity contribution is 0.0696. The molecule has 0 amide bonds. The lowest BCUT2D eigenvalue weighted by Gasteiger charge is -2.16. The smallest absolute Gasteiger partial charge is 0.340 e. The van der Waals surface area contributed by atoms with E-state index < -0.39 is 5.97 Å². The number of ether oxygens (including phenoxy) is 1. The number of benzene rings is 3. The van der Waals surface area contributed by atoms with Crippen LogP contribution in [0, 0.1) is 11.3 Å². The fourth-order valence-electron chi connectivity index (χ4n) is 3.63. The van der Waals surface area contributed by atoms with Gasteiger partial charge in [0.25, 0.3) is 0 Å². The minimum Gasteiger partial charge on any atom is -0.478 e. The highest BCUT2D eigenvalue weighted by Crippen LogP contribution is 2.35. The van der Waals surface area contributed by atoms with Gasteiger partial charge in [-0.1, -0.05) is 61.9 Å². The van der Waals surface area contributed by atoms with Gasteiger partial charge in [0, 0.05) is 5.39 Å². The van der Waals surface area contributed by atoms with E-state index in [1.807, 2.05) is 49.4 Å². The highest BCUT2D eigenvalue weighted by atomic mass is 16.5. The molecule has 0 saturated heterocycles. The number of aromatic nitrogens is 1. The van der Waals surface area contributed by atoms with E-state index >= 15 is 0 Å². The fourth-order valence-corrected chi connectivity index (χ4v) is 3.63. The maximum atomic E-state index is 12.2. The van der Waals surface area contributed by atoms with Gasteiger partial charge in [0.1, 0.15) is 11.3 Å². The zero-order valence-electron chi connectivity index (χ0n) is 17.0. The lowest BCUT2D eigenvalue weighted by Crippen LogP contribution is -2.07. The van der Waals surface area contributed by atoms with Crippen molar-refractivity contribution in [3.63, 3.8) is 0 Å². The maximum absolute atomic E-state index is 12.2. The number of carboxylic acid groups (broad SMARTS) is 1. The second kappa shape index (κ2) is 8.68. The molecule has 0 bridgehead atoms. The summed E-state index contributed by atoms with van der Waals surface area (Å²) < 4.78 is 6.10. The van der Waals surface area contributed by atoms with Gasteiger partial charge in [0.15, 0.2) is 5.75 Å². The van der Waals surface area contributed by atoms with Gasteiger partial charge in [-0.15, -0.1) is 0 Å². The number of aromatic carboxylic acids is 1. The number of hydrogen-bond donors (Lipinski definition) is 1. The fraction of sp³-hybridized carbons (Fsp3) is 0.115. The van der Waals surface area contributed by atoms with Crippen LogP contribution in [0.15, 0.2) is 72.8 Å². The summed E-state index contributed by atoms with van der Waals surface area (Å²) in [5.74, 6) is -0.265. The van der Waals surface area contributed by atoms with E-state index in [0.29, 0.717) is 34.3 Å². The van der Waals surface area contributed by atoms with Crippen LogP contribution in [0.3, 0.4) is 0 Å². The van der Waals surface area contributed by atoms with Crippen molar-refractivity contribution < 1.29 is 14.6 Å². The van der Waals surface area contributed by atoms with Gasteiger partial charge in [-0.05, 0) is 41.8 Å². The van der Waals surface area contributed by atoms with Crippen molar-refractivity contribution in [2.75, 3.05) is 0 Å². The summed E-state index contributed by atoms with van der Waals surface area (Å²) in [5.41, 5.74) is 3.69. The Balaban J connectivity index is 1.78. The second-order valence-electron chi connectivity index (χ2n) is 7.12. The quantitative estimate of drug-likeness (QED) is 0.410. The van der Waals surface area contributed by atoms with Crippen LogP contribution in [0.5, 0.6) is 11.5 Å². The number of hydrogen-bond acceptors (Lipinski definition) is 4. The van der Waals surface area contributed by atoms with Crippen molar-refractivity contribution in [2.24, 2.45) is 0 Å². The van der Waals surface area contributed by atoms with E-state index in [1.165, 1.54) is 0 Å². The molecule has 0 atom stereocenters. The zero-order chi connectivity index (χ0) is 21.8. The van der Waals surface area contributed by atoms with Gasteiger partial charge in [-0.2, -0.15) is 5.26 Å². The Hall–Kier alpha value is -4.17. The first-order valence-electron chi connectivity index (χ1n) is 10.0. The molecule has 0 radical (unpaired) electrons. The average molecular weight is 408 g/mol. The van der Waals surface area contributed by atoms with Crippen molar-refractivity contribution in [3.8, 4) is 28.7 Å². The number of carboxylic acids is 1. The maximum Gasteiger partial charge on any atom is 0.340 e. The molecule has 0 unspecified atom stereocenters. The molecule has 0 aliphatic carbocycles. The lowest BCUT2D eigenvalue weighted by atomic mass is 10.0. The molecule has 4 rings (SSSR count). The molecule has 5 heteroatoms. The third-order valence-electron chi connectivity index (χ3n) is 5.05. The van der Waals surface area contributed by atoms with Crippen LogP contribution in [0.1, 0.15) is 35.0 Å². The Morgan fingerprint density at radius 2 is 1.74 bits per heavy atom. The summed E-state index contributed by atoms with van der Waals surface area (Å²) in [7, 11) is 0. The van der Waals surface area contributed by atoms with Crippen LogP contribution < -0.4 is 4.74 Å². The molecule has 152 valence electrons. The third-order valence-corrected chi connectivity index (χ3v) is 5.05. The van der Waals surface area contributed by atoms with Crippen LogP contribution in [-0.4, -0.2) is 16.1 Å². The van der Waals surface area contributed by atoms with Gasteiger partial charge < -0.3 is 9.84 Å². The number of carbonyl (C=O) groups is 1. The Kier molecular flexibility index (Phi) is 5.63. The standard InChI is InChI=1S/C26H20N2O3/c1-2-7-23-25(24(26(29)30)21-10-5-6-11-22(21)28-23)31-19-14-12-17(13-15-19)20-9-4-3-8-18(20)16-27/h3-6,8-15H,2,7H2,1H3,(H,29,30). The van der Waals surface area contributed by atoms with E-state index in [0.717, 1.165) is 17.5 Å². The molecule has 0 saturated carbocycles. The molecular formula is C26H20N2O3. The van der Waals surface area contributed by atoms with Crippen molar-refractivity contribution in [3.05, 3.63) is 89.6 Å². The minimum atomic E-state index is -1.05. The molecule has 5 nitrogen and oxygen atoms in total. The van der Waals surface area contributed by atoms with Crippen molar-refractivity contribution in [2.45, 2.75) is 19.8 Å². The summed E-state index contributed by atoms with van der Waals surface area (Å²) in [4.78, 5) is 16.8. The number of rotatable bonds is 6. The number of aryl methyl sites for hydroxylation is 1. The summed E-state index contributed by atoms with van der Waals surface area (Å²) in [6.45, 7) is 2.02. The van der Waals surface area contributed by atoms with E-state index in [-0.39, 0.29) is 11.3 Å². The molecule has 0 aliphatic heterocycles. The van der Waals surface area contributed by atoms with Crippen LogP contribution in [0.2, 0.25) is 0 Å². The van der Waals surface area contributed by atoms with Gasteiger partial charge in [-0.25, -0.2) is 9.78 Å². The zero-order valence-corrected chi connectivity index (χ0v) is 17.0. The normalized spacial score (nSPS) is 10.6. The molecular weight excluding hydrogens is 388 g/mol. The van der Waals surface area contributed by atoms with Crippen LogP contribution in [-0.2, 0) is 6.42 Å². The van der Waals surface area contributed by atoms with Gasteiger partial charge in [0.2, 0.25) is 0 Å². The number of fused-ring (bicyclic) bond motifs is 1.